The molecule has 1 heterocycles. The number of benzene rings is 1. The summed E-state index contributed by atoms with van der Waals surface area (Å²) in [7, 11) is 0. The smallest absolute Gasteiger partial charge is 0.152 e. The van der Waals surface area contributed by atoms with Crippen molar-refractivity contribution in [3.05, 3.63) is 57.9 Å². The number of hydrogen-bond donors (Lipinski definition) is 1. The second kappa shape index (κ2) is 5.75. The first-order valence-corrected chi connectivity index (χ1v) is 6.60. The van der Waals surface area contributed by atoms with Gasteiger partial charge in [0.15, 0.2) is 5.15 Å². The summed E-state index contributed by atoms with van der Waals surface area (Å²) in [6.07, 6.45) is 1.64. The molecule has 1 N–H and O–H groups in total. The minimum atomic E-state index is -0.444. The van der Waals surface area contributed by atoms with Crippen molar-refractivity contribution in [1.82, 2.24) is 4.98 Å². The Morgan fingerprint density at radius 3 is 2.55 bits per heavy atom. The molecule has 0 radical (unpaired) electrons. The molecule has 1 atom stereocenters. The van der Waals surface area contributed by atoms with E-state index in [4.69, 9.17) is 11.6 Å². The summed E-state index contributed by atoms with van der Waals surface area (Å²) in [5, 5.41) is 3.36. The minimum Gasteiger partial charge on any atom is -0.376 e. The lowest BCUT2D eigenvalue weighted by atomic mass is 10.0. The van der Waals surface area contributed by atoms with Crippen molar-refractivity contribution in [3.63, 3.8) is 0 Å². The van der Waals surface area contributed by atoms with Crippen LogP contribution in [0.15, 0.2) is 24.4 Å². The molecule has 0 saturated heterocycles. The van der Waals surface area contributed by atoms with E-state index >= 15 is 0 Å². The second-order valence-electron chi connectivity index (χ2n) is 4.84. The van der Waals surface area contributed by atoms with E-state index in [2.05, 4.69) is 10.3 Å². The Bertz CT molecular complexity index is 644. The number of aryl methyl sites for hydroxylation is 2. The van der Waals surface area contributed by atoms with Gasteiger partial charge in [0.05, 0.1) is 11.7 Å². The van der Waals surface area contributed by atoms with Gasteiger partial charge in [-0.25, -0.2) is 13.8 Å². The van der Waals surface area contributed by atoms with E-state index < -0.39 is 17.7 Å². The summed E-state index contributed by atoms with van der Waals surface area (Å²) >= 11 is 5.98. The van der Waals surface area contributed by atoms with Gasteiger partial charge in [-0.15, -0.1) is 0 Å². The van der Waals surface area contributed by atoms with E-state index in [0.29, 0.717) is 10.8 Å². The van der Waals surface area contributed by atoms with Crippen molar-refractivity contribution in [3.8, 4) is 0 Å². The van der Waals surface area contributed by atoms with Crippen molar-refractivity contribution in [2.75, 3.05) is 5.32 Å². The second-order valence-corrected chi connectivity index (χ2v) is 5.20. The molecule has 0 saturated carbocycles. The maximum Gasteiger partial charge on any atom is 0.152 e. The maximum atomic E-state index is 13.9. The van der Waals surface area contributed by atoms with Gasteiger partial charge in [-0.1, -0.05) is 11.6 Å². The largest absolute Gasteiger partial charge is 0.376 e. The van der Waals surface area contributed by atoms with E-state index in [1.165, 1.54) is 19.1 Å². The molecule has 106 valence electrons. The normalized spacial score (nSPS) is 12.3. The number of halogens is 3. The van der Waals surface area contributed by atoms with E-state index in [9.17, 15) is 8.78 Å². The van der Waals surface area contributed by atoms with Crippen molar-refractivity contribution >= 4 is 17.3 Å². The van der Waals surface area contributed by atoms with Crippen LogP contribution in [0.3, 0.4) is 0 Å². The molecule has 2 aromatic rings. The van der Waals surface area contributed by atoms with Crippen molar-refractivity contribution < 1.29 is 8.78 Å². The first-order valence-electron chi connectivity index (χ1n) is 6.22. The highest BCUT2D eigenvalue weighted by atomic mass is 35.5. The lowest BCUT2D eigenvalue weighted by Gasteiger charge is -2.18. The van der Waals surface area contributed by atoms with Gasteiger partial charge in [0.1, 0.15) is 11.6 Å². The summed E-state index contributed by atoms with van der Waals surface area (Å²) < 4.78 is 27.5. The fourth-order valence-electron chi connectivity index (χ4n) is 1.96. The van der Waals surface area contributed by atoms with Gasteiger partial charge >= 0.3 is 0 Å². The Balaban J connectivity index is 2.30. The molecule has 0 fully saturated rings. The van der Waals surface area contributed by atoms with Crippen molar-refractivity contribution in [2.45, 2.75) is 26.8 Å². The Kier molecular flexibility index (Phi) is 4.23. The Morgan fingerprint density at radius 2 is 1.85 bits per heavy atom. The van der Waals surface area contributed by atoms with Crippen molar-refractivity contribution in [1.29, 1.82) is 0 Å². The summed E-state index contributed by atoms with van der Waals surface area (Å²) in [6.45, 7) is 5.15. The van der Waals surface area contributed by atoms with E-state index in [-0.39, 0.29) is 11.1 Å². The third-order valence-electron chi connectivity index (χ3n) is 3.09. The molecule has 0 amide bonds. The third-order valence-corrected chi connectivity index (χ3v) is 3.39. The van der Waals surface area contributed by atoms with Gasteiger partial charge in [0.25, 0.3) is 0 Å². The molecule has 0 bridgehead atoms. The van der Waals surface area contributed by atoms with Gasteiger partial charge in [-0.05, 0) is 50.1 Å². The molecule has 2 nitrogen and oxygen atoms in total. The zero-order valence-corrected chi connectivity index (χ0v) is 12.2. The van der Waals surface area contributed by atoms with E-state index in [0.717, 1.165) is 5.56 Å². The summed E-state index contributed by atoms with van der Waals surface area (Å²) in [5.41, 5.74) is 2.07. The predicted molar refractivity (Wildman–Crippen MR) is 77.1 cm³/mol. The number of rotatable bonds is 3. The molecule has 0 spiro atoms. The molecule has 1 aromatic heterocycles. The van der Waals surface area contributed by atoms with Crippen LogP contribution in [0.1, 0.15) is 29.7 Å². The first kappa shape index (κ1) is 14.7. The number of hydrogen-bond acceptors (Lipinski definition) is 2. The zero-order valence-electron chi connectivity index (χ0n) is 11.5. The highest BCUT2D eigenvalue weighted by Gasteiger charge is 2.15. The topological polar surface area (TPSA) is 24.9 Å². The van der Waals surface area contributed by atoms with Crippen LogP contribution in [-0.4, -0.2) is 4.98 Å². The first-order chi connectivity index (χ1) is 9.38. The molecule has 5 heteroatoms. The van der Waals surface area contributed by atoms with E-state index in [1.807, 2.05) is 13.0 Å². The van der Waals surface area contributed by atoms with Gasteiger partial charge in [-0.3, -0.25) is 0 Å². The Labute approximate surface area is 121 Å². The standard InChI is InChI=1S/C15H15ClF2N2/c1-8-4-14(15(16)19-7-8)20-10(3)11-6-12(17)9(2)5-13(11)18/h4-7,10,20H,1-3H3. The molecule has 2 rings (SSSR count). The maximum absolute atomic E-state index is 13.9. The van der Waals surface area contributed by atoms with Crippen LogP contribution < -0.4 is 5.32 Å². The van der Waals surface area contributed by atoms with Gasteiger partial charge in [0.2, 0.25) is 0 Å². The average molecular weight is 297 g/mol. The van der Waals surface area contributed by atoms with Gasteiger partial charge in [-0.2, -0.15) is 0 Å². The Hall–Kier alpha value is -1.68. The van der Waals surface area contributed by atoms with Gasteiger partial charge in [0, 0.05) is 11.8 Å². The van der Waals surface area contributed by atoms with Crippen molar-refractivity contribution in [2.24, 2.45) is 0 Å². The molecule has 1 aromatic carbocycles. The quantitative estimate of drug-likeness (QED) is 0.823. The van der Waals surface area contributed by atoms with Crippen LogP contribution in [0.5, 0.6) is 0 Å². The fraction of sp³-hybridized carbons (Fsp3) is 0.267. The monoisotopic (exact) mass is 296 g/mol. The summed E-state index contributed by atoms with van der Waals surface area (Å²) in [4.78, 5) is 4.01. The SMILES string of the molecule is Cc1cnc(Cl)c(NC(C)c2cc(F)c(C)cc2F)c1. The summed E-state index contributed by atoms with van der Waals surface area (Å²) in [6, 6.07) is 3.79. The minimum absolute atomic E-state index is 0.255. The molecular formula is C15H15ClF2N2. The third kappa shape index (κ3) is 3.07. The molecule has 0 aliphatic carbocycles. The number of aromatic nitrogens is 1. The average Bonchev–Trinajstić information content (AvgIpc) is 2.38. The Morgan fingerprint density at radius 1 is 1.15 bits per heavy atom. The lowest BCUT2D eigenvalue weighted by molar-refractivity contribution is 0.571. The highest BCUT2D eigenvalue weighted by molar-refractivity contribution is 6.31. The number of nitrogens with one attached hydrogen (secondary N) is 1. The number of pyridine rings is 1. The highest BCUT2D eigenvalue weighted by Crippen LogP contribution is 2.27. The zero-order chi connectivity index (χ0) is 14.9. The van der Waals surface area contributed by atoms with Gasteiger partial charge < -0.3 is 5.32 Å². The van der Waals surface area contributed by atoms with Crippen LogP contribution >= 0.6 is 11.6 Å². The molecule has 0 aliphatic rings. The molecule has 1 unspecified atom stereocenters. The van der Waals surface area contributed by atoms with Crippen LogP contribution in [0.25, 0.3) is 0 Å². The summed E-state index contributed by atoms with van der Waals surface area (Å²) in [5.74, 6) is -0.871. The van der Waals surface area contributed by atoms with Crippen LogP contribution in [0.4, 0.5) is 14.5 Å². The molecule has 0 aliphatic heterocycles. The van der Waals surface area contributed by atoms with Crippen LogP contribution in [-0.2, 0) is 0 Å². The fourth-order valence-corrected chi connectivity index (χ4v) is 2.12. The molecular weight excluding hydrogens is 282 g/mol. The lowest BCUT2D eigenvalue weighted by Crippen LogP contribution is -2.10. The van der Waals surface area contributed by atoms with Crippen LogP contribution in [0.2, 0.25) is 5.15 Å². The predicted octanol–water partition coefficient (Wildman–Crippen LogP) is 4.80. The number of anilines is 1. The van der Waals surface area contributed by atoms with E-state index in [1.54, 1.807) is 13.1 Å². The van der Waals surface area contributed by atoms with Crippen LogP contribution in [0, 0.1) is 25.5 Å². The number of nitrogens with zero attached hydrogens (tertiary/aromatic N) is 1. The molecule has 20 heavy (non-hydrogen) atoms.